The summed E-state index contributed by atoms with van der Waals surface area (Å²) in [6.45, 7) is 2.94. The topological polar surface area (TPSA) is 60.4 Å². The van der Waals surface area contributed by atoms with Gasteiger partial charge in [0.2, 0.25) is 0 Å². The average molecular weight is 260 g/mol. The highest BCUT2D eigenvalue weighted by Crippen LogP contribution is 2.29. The Morgan fingerprint density at radius 3 is 3.05 bits per heavy atom. The van der Waals surface area contributed by atoms with Crippen molar-refractivity contribution in [3.05, 3.63) is 35.6 Å². The maximum atomic E-state index is 5.89. The van der Waals surface area contributed by atoms with Crippen molar-refractivity contribution in [2.45, 2.75) is 38.3 Å². The number of hydrazine groups is 1. The van der Waals surface area contributed by atoms with E-state index in [1.54, 1.807) is 0 Å². The zero-order chi connectivity index (χ0) is 13.2. The number of ether oxygens (including phenoxy) is 1. The Kier molecular flexibility index (Phi) is 3.55. The summed E-state index contributed by atoms with van der Waals surface area (Å²) in [5, 5.41) is 1.13. The summed E-state index contributed by atoms with van der Waals surface area (Å²) in [7, 11) is 0. The Bertz CT molecular complexity index is 558. The molecule has 0 radical (unpaired) electrons. The molecule has 1 fully saturated rings. The minimum Gasteiger partial charge on any atom is -0.459 e. The highest BCUT2D eigenvalue weighted by atomic mass is 16.5. The van der Waals surface area contributed by atoms with Gasteiger partial charge in [0.15, 0.2) is 0 Å². The highest BCUT2D eigenvalue weighted by Gasteiger charge is 2.23. The SMILES string of the molecule is Cc1ccc2oc(C(CC3CCCO3)NN)cc2c1. The third-order valence-corrected chi connectivity index (χ3v) is 3.76. The predicted octanol–water partition coefficient (Wildman–Crippen LogP) is 2.81. The van der Waals surface area contributed by atoms with E-state index in [1.807, 2.05) is 6.07 Å². The number of hydrogen-bond acceptors (Lipinski definition) is 4. The number of benzene rings is 1. The number of fused-ring (bicyclic) bond motifs is 1. The van der Waals surface area contributed by atoms with Crippen LogP contribution in [0.5, 0.6) is 0 Å². The van der Waals surface area contributed by atoms with Gasteiger partial charge in [-0.1, -0.05) is 11.6 Å². The van der Waals surface area contributed by atoms with Gasteiger partial charge >= 0.3 is 0 Å². The van der Waals surface area contributed by atoms with Gasteiger partial charge < -0.3 is 9.15 Å². The van der Waals surface area contributed by atoms with Crippen LogP contribution in [0.1, 0.15) is 36.6 Å². The summed E-state index contributed by atoms with van der Waals surface area (Å²) in [6, 6.07) is 8.27. The van der Waals surface area contributed by atoms with E-state index in [4.69, 9.17) is 15.0 Å². The third-order valence-electron chi connectivity index (χ3n) is 3.76. The zero-order valence-electron chi connectivity index (χ0n) is 11.2. The lowest BCUT2D eigenvalue weighted by molar-refractivity contribution is 0.0922. The molecule has 1 aromatic heterocycles. The summed E-state index contributed by atoms with van der Waals surface area (Å²) in [6.07, 6.45) is 3.39. The van der Waals surface area contributed by atoms with E-state index in [2.05, 4.69) is 30.5 Å². The Morgan fingerprint density at radius 1 is 1.42 bits per heavy atom. The predicted molar refractivity (Wildman–Crippen MR) is 74.6 cm³/mol. The van der Waals surface area contributed by atoms with Gasteiger partial charge in [-0.15, -0.1) is 0 Å². The van der Waals surface area contributed by atoms with Crippen LogP contribution in [0.3, 0.4) is 0 Å². The summed E-state index contributed by atoms with van der Waals surface area (Å²) in [4.78, 5) is 0. The molecule has 19 heavy (non-hydrogen) atoms. The van der Waals surface area contributed by atoms with Crippen LogP contribution in [-0.2, 0) is 4.74 Å². The zero-order valence-corrected chi connectivity index (χ0v) is 11.2. The Hall–Kier alpha value is -1.36. The van der Waals surface area contributed by atoms with E-state index in [-0.39, 0.29) is 12.1 Å². The summed E-state index contributed by atoms with van der Waals surface area (Å²) >= 11 is 0. The van der Waals surface area contributed by atoms with E-state index >= 15 is 0 Å². The molecule has 0 amide bonds. The van der Waals surface area contributed by atoms with E-state index in [0.717, 1.165) is 42.6 Å². The van der Waals surface area contributed by atoms with Gasteiger partial charge in [0.25, 0.3) is 0 Å². The van der Waals surface area contributed by atoms with Crippen molar-refractivity contribution < 1.29 is 9.15 Å². The van der Waals surface area contributed by atoms with E-state index < -0.39 is 0 Å². The van der Waals surface area contributed by atoms with Gasteiger partial charge in [-0.25, -0.2) is 5.43 Å². The summed E-state index contributed by atoms with van der Waals surface area (Å²) < 4.78 is 11.6. The number of rotatable bonds is 4. The average Bonchev–Trinajstić information content (AvgIpc) is 3.03. The van der Waals surface area contributed by atoms with Crippen molar-refractivity contribution in [1.82, 2.24) is 5.43 Å². The summed E-state index contributed by atoms with van der Waals surface area (Å²) in [5.74, 6) is 6.56. The standard InChI is InChI=1S/C15H20N2O2/c1-10-4-5-14-11(7-10)8-15(19-14)13(17-16)9-12-3-2-6-18-12/h4-5,7-8,12-13,17H,2-3,6,9,16H2,1H3. The molecule has 0 bridgehead atoms. The van der Waals surface area contributed by atoms with E-state index in [0.29, 0.717) is 0 Å². The van der Waals surface area contributed by atoms with Crippen LogP contribution in [0.25, 0.3) is 11.0 Å². The van der Waals surface area contributed by atoms with E-state index in [9.17, 15) is 0 Å². The monoisotopic (exact) mass is 260 g/mol. The molecule has 1 aliphatic rings. The number of nitrogens with one attached hydrogen (secondary N) is 1. The second kappa shape index (κ2) is 5.33. The molecule has 1 saturated heterocycles. The molecule has 1 aliphatic heterocycles. The first-order valence-corrected chi connectivity index (χ1v) is 6.84. The van der Waals surface area contributed by atoms with Crippen LogP contribution >= 0.6 is 0 Å². The third kappa shape index (κ3) is 2.66. The number of aryl methyl sites for hydroxylation is 1. The van der Waals surface area contributed by atoms with Crippen molar-refractivity contribution in [2.75, 3.05) is 6.61 Å². The molecule has 3 rings (SSSR count). The van der Waals surface area contributed by atoms with Crippen LogP contribution in [0.2, 0.25) is 0 Å². The fraction of sp³-hybridized carbons (Fsp3) is 0.467. The molecule has 1 aromatic carbocycles. The highest BCUT2D eigenvalue weighted by molar-refractivity contribution is 5.78. The van der Waals surface area contributed by atoms with Gasteiger partial charge in [-0.3, -0.25) is 5.84 Å². The van der Waals surface area contributed by atoms with Gasteiger partial charge in [0.1, 0.15) is 11.3 Å². The molecular weight excluding hydrogens is 240 g/mol. The first-order valence-electron chi connectivity index (χ1n) is 6.84. The Labute approximate surface area is 112 Å². The minimum atomic E-state index is 0.0100. The molecule has 4 nitrogen and oxygen atoms in total. The molecule has 2 atom stereocenters. The lowest BCUT2D eigenvalue weighted by Crippen LogP contribution is -2.30. The van der Waals surface area contributed by atoms with Gasteiger partial charge in [0.05, 0.1) is 12.1 Å². The van der Waals surface area contributed by atoms with Gasteiger partial charge in [-0.2, -0.15) is 0 Å². The van der Waals surface area contributed by atoms with Gasteiger partial charge in [0, 0.05) is 12.0 Å². The summed E-state index contributed by atoms with van der Waals surface area (Å²) in [5.41, 5.74) is 4.99. The quantitative estimate of drug-likeness (QED) is 0.655. The van der Waals surface area contributed by atoms with Gasteiger partial charge in [-0.05, 0) is 44.4 Å². The Balaban J connectivity index is 1.83. The maximum absolute atomic E-state index is 5.89. The lowest BCUT2D eigenvalue weighted by atomic mass is 10.0. The number of furan rings is 1. The molecule has 0 saturated carbocycles. The first kappa shape index (κ1) is 12.7. The second-order valence-corrected chi connectivity index (χ2v) is 5.28. The molecule has 3 N–H and O–H groups in total. The molecule has 4 heteroatoms. The van der Waals surface area contributed by atoms with Crippen LogP contribution < -0.4 is 11.3 Å². The number of hydrogen-bond donors (Lipinski definition) is 2. The molecule has 0 aliphatic carbocycles. The smallest absolute Gasteiger partial charge is 0.134 e. The molecule has 0 spiro atoms. The van der Waals surface area contributed by atoms with Crippen LogP contribution in [-0.4, -0.2) is 12.7 Å². The molecule has 102 valence electrons. The first-order chi connectivity index (χ1) is 9.26. The van der Waals surface area contributed by atoms with Crippen LogP contribution in [0.4, 0.5) is 0 Å². The second-order valence-electron chi connectivity index (χ2n) is 5.28. The molecule has 2 aromatic rings. The largest absolute Gasteiger partial charge is 0.459 e. The van der Waals surface area contributed by atoms with Crippen molar-refractivity contribution in [3.8, 4) is 0 Å². The molecule has 2 heterocycles. The van der Waals surface area contributed by atoms with Crippen LogP contribution in [0, 0.1) is 6.92 Å². The van der Waals surface area contributed by atoms with Crippen molar-refractivity contribution >= 4 is 11.0 Å². The number of nitrogens with two attached hydrogens (primary N) is 1. The van der Waals surface area contributed by atoms with Crippen LogP contribution in [0.15, 0.2) is 28.7 Å². The lowest BCUT2D eigenvalue weighted by Gasteiger charge is -2.17. The normalized spacial score (nSPS) is 21.1. The fourth-order valence-corrected chi connectivity index (χ4v) is 2.71. The van der Waals surface area contributed by atoms with Crippen molar-refractivity contribution in [3.63, 3.8) is 0 Å². The van der Waals surface area contributed by atoms with Crippen molar-refractivity contribution in [1.29, 1.82) is 0 Å². The minimum absolute atomic E-state index is 0.0100. The Morgan fingerprint density at radius 2 is 2.32 bits per heavy atom. The maximum Gasteiger partial charge on any atom is 0.134 e. The molecule has 2 unspecified atom stereocenters. The molecular formula is C15H20N2O2. The fourth-order valence-electron chi connectivity index (χ4n) is 2.71. The van der Waals surface area contributed by atoms with Crippen molar-refractivity contribution in [2.24, 2.45) is 5.84 Å². The van der Waals surface area contributed by atoms with E-state index in [1.165, 1.54) is 5.56 Å².